The predicted octanol–water partition coefficient (Wildman–Crippen LogP) is 3.27. The van der Waals surface area contributed by atoms with E-state index >= 15 is 0 Å². The number of benzene rings is 2. The van der Waals surface area contributed by atoms with Gasteiger partial charge in [0.25, 0.3) is 5.91 Å². The van der Waals surface area contributed by atoms with Crippen LogP contribution in [0.25, 0.3) is 0 Å². The normalized spacial score (nSPS) is 14.2. The van der Waals surface area contributed by atoms with Gasteiger partial charge in [-0.1, -0.05) is 17.7 Å². The maximum absolute atomic E-state index is 12.6. The van der Waals surface area contributed by atoms with Gasteiger partial charge in [0.2, 0.25) is 10.0 Å². The Morgan fingerprint density at radius 1 is 1.00 bits per heavy atom. The molecule has 0 spiro atoms. The largest absolute Gasteiger partial charge is 0.456 e. The standard InChI is InChI=1S/C22H23ClN2O6S/c23-17-8-6-16(7-9-17)20(26)10-11-22(28)31-15-21(27)24-18-4-3-5-19(14-18)32(29,30)25-12-1-2-13-25/h3-9,14H,1-2,10-13,15H2,(H,24,27). The maximum Gasteiger partial charge on any atom is 0.306 e. The smallest absolute Gasteiger partial charge is 0.306 e. The van der Waals surface area contributed by atoms with Gasteiger partial charge in [-0.05, 0) is 55.3 Å². The molecule has 3 rings (SSSR count). The first kappa shape index (κ1) is 23.9. The Balaban J connectivity index is 1.47. The van der Waals surface area contributed by atoms with E-state index in [1.165, 1.54) is 22.5 Å². The monoisotopic (exact) mass is 478 g/mol. The highest BCUT2D eigenvalue weighted by atomic mass is 35.5. The summed E-state index contributed by atoms with van der Waals surface area (Å²) >= 11 is 5.78. The fraction of sp³-hybridized carbons (Fsp3) is 0.318. The molecule has 1 heterocycles. The summed E-state index contributed by atoms with van der Waals surface area (Å²) in [5.74, 6) is -1.54. The van der Waals surface area contributed by atoms with Crippen LogP contribution >= 0.6 is 11.6 Å². The van der Waals surface area contributed by atoms with Gasteiger partial charge in [-0.3, -0.25) is 14.4 Å². The highest BCUT2D eigenvalue weighted by Gasteiger charge is 2.27. The molecule has 170 valence electrons. The van der Waals surface area contributed by atoms with E-state index in [1.54, 1.807) is 30.3 Å². The molecule has 0 bridgehead atoms. The van der Waals surface area contributed by atoms with Crippen LogP contribution in [0.2, 0.25) is 5.02 Å². The quantitative estimate of drug-likeness (QED) is 0.437. The summed E-state index contributed by atoms with van der Waals surface area (Å²) in [6.45, 7) is 0.419. The van der Waals surface area contributed by atoms with Crippen molar-refractivity contribution in [2.75, 3.05) is 25.0 Å². The van der Waals surface area contributed by atoms with Gasteiger partial charge in [0.1, 0.15) is 0 Å². The van der Waals surface area contributed by atoms with E-state index in [2.05, 4.69) is 5.32 Å². The van der Waals surface area contributed by atoms with Crippen molar-refractivity contribution >= 4 is 45.0 Å². The first-order chi connectivity index (χ1) is 15.3. The van der Waals surface area contributed by atoms with Crippen molar-refractivity contribution in [1.29, 1.82) is 0 Å². The van der Waals surface area contributed by atoms with Gasteiger partial charge >= 0.3 is 5.97 Å². The number of rotatable bonds is 9. The minimum absolute atomic E-state index is 0.0571. The zero-order valence-corrected chi connectivity index (χ0v) is 18.8. The van der Waals surface area contributed by atoms with Crippen LogP contribution in [0.3, 0.4) is 0 Å². The molecule has 1 aliphatic rings. The molecule has 1 aliphatic heterocycles. The Morgan fingerprint density at radius 2 is 1.69 bits per heavy atom. The van der Waals surface area contributed by atoms with Crippen molar-refractivity contribution in [3.05, 3.63) is 59.1 Å². The number of carbonyl (C=O) groups is 3. The van der Waals surface area contributed by atoms with Gasteiger partial charge in [0.05, 0.1) is 11.3 Å². The van der Waals surface area contributed by atoms with Crippen LogP contribution < -0.4 is 5.32 Å². The predicted molar refractivity (Wildman–Crippen MR) is 119 cm³/mol. The molecule has 0 aromatic heterocycles. The highest BCUT2D eigenvalue weighted by molar-refractivity contribution is 7.89. The lowest BCUT2D eigenvalue weighted by Gasteiger charge is -2.16. The summed E-state index contributed by atoms with van der Waals surface area (Å²) in [6, 6.07) is 12.2. The van der Waals surface area contributed by atoms with E-state index in [0.717, 1.165) is 12.8 Å². The van der Waals surface area contributed by atoms with Crippen molar-refractivity contribution in [2.24, 2.45) is 0 Å². The molecule has 2 aromatic rings. The minimum Gasteiger partial charge on any atom is -0.456 e. The molecule has 1 amide bonds. The molecule has 0 saturated carbocycles. The second-order valence-electron chi connectivity index (χ2n) is 7.28. The van der Waals surface area contributed by atoms with Gasteiger partial charge in [-0.2, -0.15) is 4.31 Å². The molecular formula is C22H23ClN2O6S. The van der Waals surface area contributed by atoms with Crippen LogP contribution in [0.4, 0.5) is 5.69 Å². The summed E-state index contributed by atoms with van der Waals surface area (Å²) in [7, 11) is -3.61. The average Bonchev–Trinajstić information content (AvgIpc) is 3.33. The summed E-state index contributed by atoms with van der Waals surface area (Å²) in [5.41, 5.74) is 0.716. The molecule has 0 aliphatic carbocycles. The van der Waals surface area contributed by atoms with Crippen LogP contribution in [0.1, 0.15) is 36.0 Å². The van der Waals surface area contributed by atoms with Crippen molar-refractivity contribution in [1.82, 2.24) is 4.31 Å². The van der Waals surface area contributed by atoms with Gasteiger partial charge < -0.3 is 10.1 Å². The number of ketones is 1. The van der Waals surface area contributed by atoms with Crippen molar-refractivity contribution < 1.29 is 27.5 Å². The third-order valence-corrected chi connectivity index (χ3v) is 7.05. The number of nitrogens with zero attached hydrogens (tertiary/aromatic N) is 1. The molecule has 2 aromatic carbocycles. The number of esters is 1. The van der Waals surface area contributed by atoms with Crippen LogP contribution in [0.15, 0.2) is 53.4 Å². The summed E-state index contributed by atoms with van der Waals surface area (Å²) in [5, 5.41) is 3.02. The molecule has 8 nitrogen and oxygen atoms in total. The van der Waals surface area contributed by atoms with Gasteiger partial charge in [0.15, 0.2) is 12.4 Å². The molecule has 0 atom stereocenters. The number of carbonyl (C=O) groups excluding carboxylic acids is 3. The van der Waals surface area contributed by atoms with E-state index in [4.69, 9.17) is 16.3 Å². The minimum atomic E-state index is -3.61. The third-order valence-electron chi connectivity index (χ3n) is 4.91. The number of halogens is 1. The Morgan fingerprint density at radius 3 is 2.38 bits per heavy atom. The molecule has 0 unspecified atom stereocenters. The SMILES string of the molecule is O=C(COC(=O)CCC(=O)c1ccc(Cl)cc1)Nc1cccc(S(=O)(=O)N2CCCC2)c1. The number of hydrogen-bond donors (Lipinski definition) is 1. The van der Waals surface area contributed by atoms with Gasteiger partial charge in [0, 0.05) is 35.8 Å². The zero-order valence-electron chi connectivity index (χ0n) is 17.3. The fourth-order valence-electron chi connectivity index (χ4n) is 3.22. The van der Waals surface area contributed by atoms with E-state index in [1.807, 2.05) is 0 Å². The zero-order chi connectivity index (χ0) is 23.1. The summed E-state index contributed by atoms with van der Waals surface area (Å²) in [4.78, 5) is 36.1. The third kappa shape index (κ3) is 6.38. The Hall–Kier alpha value is -2.75. The number of anilines is 1. The van der Waals surface area contributed by atoms with Gasteiger partial charge in [-0.15, -0.1) is 0 Å². The molecule has 10 heteroatoms. The summed E-state index contributed by atoms with van der Waals surface area (Å²) < 4.78 is 31.6. The van der Waals surface area contributed by atoms with E-state index in [9.17, 15) is 22.8 Å². The number of nitrogens with one attached hydrogen (secondary N) is 1. The maximum atomic E-state index is 12.6. The molecule has 0 radical (unpaired) electrons. The van der Waals surface area contributed by atoms with Gasteiger partial charge in [-0.25, -0.2) is 8.42 Å². The molecule has 1 N–H and O–H groups in total. The number of Topliss-reactive ketones (excluding diaryl/α,β-unsaturated/α-hetero) is 1. The second kappa shape index (κ2) is 10.7. The lowest BCUT2D eigenvalue weighted by molar-refractivity contribution is -0.147. The number of hydrogen-bond acceptors (Lipinski definition) is 6. The van der Waals surface area contributed by atoms with E-state index in [-0.39, 0.29) is 29.2 Å². The van der Waals surface area contributed by atoms with E-state index in [0.29, 0.717) is 23.7 Å². The first-order valence-corrected chi connectivity index (χ1v) is 11.9. The van der Waals surface area contributed by atoms with Crippen molar-refractivity contribution in [2.45, 2.75) is 30.6 Å². The second-order valence-corrected chi connectivity index (χ2v) is 9.65. The van der Waals surface area contributed by atoms with E-state index < -0.39 is 28.5 Å². The molecule has 1 fully saturated rings. The highest BCUT2D eigenvalue weighted by Crippen LogP contribution is 2.23. The fourth-order valence-corrected chi connectivity index (χ4v) is 4.91. The molecule has 32 heavy (non-hydrogen) atoms. The first-order valence-electron chi connectivity index (χ1n) is 10.1. The number of ether oxygens (including phenoxy) is 1. The topological polar surface area (TPSA) is 110 Å². The molecule has 1 saturated heterocycles. The Bertz CT molecular complexity index is 1100. The lowest BCUT2D eigenvalue weighted by Crippen LogP contribution is -2.28. The average molecular weight is 479 g/mol. The summed E-state index contributed by atoms with van der Waals surface area (Å²) in [6.07, 6.45) is 1.43. The van der Waals surface area contributed by atoms with Crippen LogP contribution in [0, 0.1) is 0 Å². The van der Waals surface area contributed by atoms with Crippen molar-refractivity contribution in [3.63, 3.8) is 0 Å². The van der Waals surface area contributed by atoms with Crippen molar-refractivity contribution in [3.8, 4) is 0 Å². The van der Waals surface area contributed by atoms with Crippen LogP contribution in [-0.4, -0.2) is 50.1 Å². The molecular weight excluding hydrogens is 456 g/mol. The Kier molecular flexibility index (Phi) is 8.00. The Labute approximate surface area is 191 Å². The lowest BCUT2D eigenvalue weighted by atomic mass is 10.1. The number of sulfonamides is 1. The van der Waals surface area contributed by atoms with Crippen LogP contribution in [-0.2, 0) is 24.3 Å². The number of amides is 1. The van der Waals surface area contributed by atoms with Crippen LogP contribution in [0.5, 0.6) is 0 Å².